The van der Waals surface area contributed by atoms with Crippen molar-refractivity contribution in [3.05, 3.63) is 42.5 Å². The van der Waals surface area contributed by atoms with E-state index in [1.54, 1.807) is 0 Å². The lowest BCUT2D eigenvalue weighted by molar-refractivity contribution is 0.0904. The summed E-state index contributed by atoms with van der Waals surface area (Å²) in [6.45, 7) is 3.34. The third-order valence-electron chi connectivity index (χ3n) is 4.55. The highest BCUT2D eigenvalue weighted by Gasteiger charge is 2.19. The van der Waals surface area contributed by atoms with Crippen LogP contribution in [0.4, 0.5) is 0 Å². The molecule has 2 aromatic rings. The number of para-hydroxylation sites is 2. The highest BCUT2D eigenvalue weighted by Crippen LogP contribution is 2.35. The molecule has 0 aliphatic carbocycles. The van der Waals surface area contributed by atoms with Crippen LogP contribution in [0, 0.1) is 0 Å². The van der Waals surface area contributed by atoms with Crippen molar-refractivity contribution in [1.82, 2.24) is 5.32 Å². The smallest absolute Gasteiger partial charge is 0.231 e. The first-order valence-corrected chi connectivity index (χ1v) is 9.50. The van der Waals surface area contributed by atoms with Crippen molar-refractivity contribution < 1.29 is 23.7 Å². The van der Waals surface area contributed by atoms with Crippen molar-refractivity contribution in [2.45, 2.75) is 25.4 Å². The molecule has 4 rings (SSSR count). The first-order chi connectivity index (χ1) is 13.4. The third-order valence-corrected chi connectivity index (χ3v) is 4.55. The van der Waals surface area contributed by atoms with Gasteiger partial charge in [0, 0.05) is 12.6 Å². The summed E-state index contributed by atoms with van der Waals surface area (Å²) in [5.41, 5.74) is 0. The van der Waals surface area contributed by atoms with Crippen LogP contribution in [0.1, 0.15) is 19.3 Å². The van der Waals surface area contributed by atoms with Crippen LogP contribution in [-0.4, -0.2) is 39.2 Å². The summed E-state index contributed by atoms with van der Waals surface area (Å²) < 4.78 is 28.1. The first-order valence-electron chi connectivity index (χ1n) is 9.50. The molecule has 0 aromatic heterocycles. The van der Waals surface area contributed by atoms with E-state index in [1.165, 1.54) is 0 Å². The Kier molecular flexibility index (Phi) is 5.84. The largest absolute Gasteiger partial charge is 0.493 e. The van der Waals surface area contributed by atoms with Gasteiger partial charge in [0.15, 0.2) is 23.0 Å². The number of benzene rings is 2. The maximum atomic E-state index is 5.93. The molecule has 0 radical (unpaired) electrons. The Morgan fingerprint density at radius 3 is 2.70 bits per heavy atom. The predicted octanol–water partition coefficient (Wildman–Crippen LogP) is 3.39. The molecule has 144 valence electrons. The minimum Gasteiger partial charge on any atom is -0.493 e. The van der Waals surface area contributed by atoms with E-state index >= 15 is 0 Å². The number of ether oxygens (including phenoxy) is 5. The van der Waals surface area contributed by atoms with Gasteiger partial charge < -0.3 is 29.0 Å². The van der Waals surface area contributed by atoms with E-state index in [0.717, 1.165) is 61.1 Å². The average molecular weight is 371 g/mol. The average Bonchev–Trinajstić information content (AvgIpc) is 3.18. The highest BCUT2D eigenvalue weighted by molar-refractivity contribution is 5.46. The van der Waals surface area contributed by atoms with Gasteiger partial charge in [-0.1, -0.05) is 12.1 Å². The number of nitrogens with one attached hydrogen (secondary N) is 1. The molecule has 1 atom stereocenters. The molecule has 2 aromatic carbocycles. The lowest BCUT2D eigenvalue weighted by Gasteiger charge is -2.26. The summed E-state index contributed by atoms with van der Waals surface area (Å²) in [6, 6.07) is 13.5. The van der Waals surface area contributed by atoms with Crippen LogP contribution in [0.15, 0.2) is 42.5 Å². The van der Waals surface area contributed by atoms with Crippen molar-refractivity contribution in [2.24, 2.45) is 0 Å². The van der Waals surface area contributed by atoms with Crippen LogP contribution in [0.3, 0.4) is 0 Å². The number of fused-ring (bicyclic) bond motifs is 2. The Bertz CT molecular complexity index is 751. The number of rotatable bonds is 9. The first kappa shape index (κ1) is 17.8. The van der Waals surface area contributed by atoms with Gasteiger partial charge in [0.2, 0.25) is 6.79 Å². The minimum absolute atomic E-state index is 0.0641. The van der Waals surface area contributed by atoms with Crippen LogP contribution < -0.4 is 29.0 Å². The van der Waals surface area contributed by atoms with Gasteiger partial charge in [0.05, 0.1) is 6.61 Å². The Morgan fingerprint density at radius 1 is 0.889 bits per heavy atom. The van der Waals surface area contributed by atoms with Crippen molar-refractivity contribution >= 4 is 0 Å². The summed E-state index contributed by atoms with van der Waals surface area (Å²) in [7, 11) is 0. The second-order valence-electron chi connectivity index (χ2n) is 6.63. The summed E-state index contributed by atoms with van der Waals surface area (Å²) in [6.07, 6.45) is 3.30. The molecule has 1 N–H and O–H groups in total. The van der Waals surface area contributed by atoms with Gasteiger partial charge in [-0.05, 0) is 50.1 Å². The highest BCUT2D eigenvalue weighted by atomic mass is 16.7. The Hall–Kier alpha value is -2.60. The van der Waals surface area contributed by atoms with E-state index in [4.69, 9.17) is 23.7 Å². The monoisotopic (exact) mass is 371 g/mol. The summed E-state index contributed by atoms with van der Waals surface area (Å²) >= 11 is 0. The molecule has 2 aliphatic rings. The SMILES string of the molecule is c1ccc2c(c1)OCC(CNCCCCCOc1ccc3c(c1)OCO3)O2. The van der Waals surface area contributed by atoms with Crippen molar-refractivity contribution in [2.75, 3.05) is 33.1 Å². The normalized spacial score (nSPS) is 17.0. The maximum Gasteiger partial charge on any atom is 0.231 e. The van der Waals surface area contributed by atoms with Gasteiger partial charge in [0.25, 0.3) is 0 Å². The molecule has 0 saturated heterocycles. The topological polar surface area (TPSA) is 58.2 Å². The minimum atomic E-state index is 0.0641. The van der Waals surface area contributed by atoms with Crippen LogP contribution in [-0.2, 0) is 0 Å². The molecular weight excluding hydrogens is 346 g/mol. The van der Waals surface area contributed by atoms with E-state index in [1.807, 2.05) is 42.5 Å². The zero-order valence-corrected chi connectivity index (χ0v) is 15.3. The van der Waals surface area contributed by atoms with Gasteiger partial charge in [-0.3, -0.25) is 0 Å². The fourth-order valence-electron chi connectivity index (χ4n) is 3.11. The molecule has 0 saturated carbocycles. The zero-order chi connectivity index (χ0) is 18.3. The van der Waals surface area contributed by atoms with Crippen LogP contribution >= 0.6 is 0 Å². The summed E-state index contributed by atoms with van der Waals surface area (Å²) in [5.74, 6) is 4.03. The van der Waals surface area contributed by atoms with Gasteiger partial charge in [-0.2, -0.15) is 0 Å². The Labute approximate surface area is 159 Å². The van der Waals surface area contributed by atoms with E-state index in [-0.39, 0.29) is 12.9 Å². The Morgan fingerprint density at radius 2 is 1.74 bits per heavy atom. The van der Waals surface area contributed by atoms with Gasteiger partial charge in [-0.25, -0.2) is 0 Å². The quantitative estimate of drug-likeness (QED) is 0.682. The van der Waals surface area contributed by atoms with Crippen LogP contribution in [0.5, 0.6) is 28.7 Å². The lowest BCUT2D eigenvalue weighted by Crippen LogP contribution is -2.38. The zero-order valence-electron chi connectivity index (χ0n) is 15.3. The number of hydrogen-bond donors (Lipinski definition) is 1. The predicted molar refractivity (Wildman–Crippen MR) is 101 cm³/mol. The fraction of sp³-hybridized carbons (Fsp3) is 0.429. The molecule has 2 aliphatic heterocycles. The van der Waals surface area contributed by atoms with E-state index in [0.29, 0.717) is 13.2 Å². The molecule has 6 heteroatoms. The standard InChI is InChI=1S/C21H25NO5/c1(5-11-23-16-8-9-19-21(12-16)26-15-25-19)4-10-22-13-17-14-24-18-6-2-3-7-20(18)27-17/h2-3,6-9,12,17,22H,1,4-5,10-11,13-15H2. The molecular formula is C21H25NO5. The molecule has 27 heavy (non-hydrogen) atoms. The second-order valence-corrected chi connectivity index (χ2v) is 6.63. The summed E-state index contributed by atoms with van der Waals surface area (Å²) in [4.78, 5) is 0. The van der Waals surface area contributed by atoms with Crippen molar-refractivity contribution in [3.63, 3.8) is 0 Å². The van der Waals surface area contributed by atoms with E-state index in [2.05, 4.69) is 5.32 Å². The van der Waals surface area contributed by atoms with Crippen molar-refractivity contribution in [1.29, 1.82) is 0 Å². The number of unbranched alkanes of at least 4 members (excludes halogenated alkanes) is 2. The lowest BCUT2D eigenvalue weighted by atomic mass is 10.2. The van der Waals surface area contributed by atoms with Crippen LogP contribution in [0.2, 0.25) is 0 Å². The van der Waals surface area contributed by atoms with Gasteiger partial charge in [0.1, 0.15) is 18.5 Å². The molecule has 2 heterocycles. The molecule has 0 bridgehead atoms. The fourth-order valence-corrected chi connectivity index (χ4v) is 3.11. The molecule has 0 spiro atoms. The van der Waals surface area contributed by atoms with Gasteiger partial charge >= 0.3 is 0 Å². The number of hydrogen-bond acceptors (Lipinski definition) is 6. The van der Waals surface area contributed by atoms with Gasteiger partial charge in [-0.15, -0.1) is 0 Å². The third kappa shape index (κ3) is 4.77. The van der Waals surface area contributed by atoms with Crippen LogP contribution in [0.25, 0.3) is 0 Å². The Balaban J connectivity index is 1.05. The van der Waals surface area contributed by atoms with Crippen molar-refractivity contribution in [3.8, 4) is 28.7 Å². The molecule has 0 fully saturated rings. The second kappa shape index (κ2) is 8.86. The van der Waals surface area contributed by atoms with E-state index in [9.17, 15) is 0 Å². The molecule has 1 unspecified atom stereocenters. The van der Waals surface area contributed by atoms with E-state index < -0.39 is 0 Å². The molecule has 0 amide bonds. The summed E-state index contributed by atoms with van der Waals surface area (Å²) in [5, 5.41) is 3.45. The molecule has 6 nitrogen and oxygen atoms in total. The maximum absolute atomic E-state index is 5.93.